The van der Waals surface area contributed by atoms with Crippen LogP contribution in [0.3, 0.4) is 0 Å². The molecule has 4 aromatic heterocycles. The lowest BCUT2D eigenvalue weighted by Crippen LogP contribution is -1.93. The lowest BCUT2D eigenvalue weighted by Gasteiger charge is -2.13. The summed E-state index contributed by atoms with van der Waals surface area (Å²) >= 11 is 7.16. The average molecular weight is 1130 g/mol. The number of thiophene rings is 2. The Morgan fingerprint density at radius 2 is 0.691 bits per heavy atom. The molecule has 5 heteroatoms. The first kappa shape index (κ1) is 47.6. The second-order valence-electron chi connectivity index (χ2n) is 20.9. The van der Waals surface area contributed by atoms with Crippen molar-refractivity contribution in [3.05, 3.63) is 282 Å². The third-order valence-corrected chi connectivity index (χ3v) is 18.9. The van der Waals surface area contributed by atoms with Crippen LogP contribution < -0.4 is 0 Å². The smallest absolute Gasteiger partial charge is 0.0555 e. The Bertz CT molecular complexity index is 5420. The molecule has 2 nitrogen and oxygen atoms in total. The van der Waals surface area contributed by atoms with Crippen LogP contribution in [0.5, 0.6) is 0 Å². The molecule has 0 saturated heterocycles. The van der Waals surface area contributed by atoms with Crippen LogP contribution in [0, 0.1) is 0 Å². The second kappa shape index (κ2) is 19.5. The molecule has 18 aromatic rings. The van der Waals surface area contributed by atoms with Crippen molar-refractivity contribution < 1.29 is 0 Å². The van der Waals surface area contributed by atoms with Crippen LogP contribution >= 0.6 is 38.6 Å². The quantitative estimate of drug-likeness (QED) is 0.170. The van der Waals surface area contributed by atoms with Crippen LogP contribution in [0.2, 0.25) is 0 Å². The van der Waals surface area contributed by atoms with Crippen LogP contribution in [0.4, 0.5) is 0 Å². The normalized spacial score (nSPS) is 11.8. The van der Waals surface area contributed by atoms with Crippen LogP contribution in [-0.4, -0.2) is 9.55 Å². The van der Waals surface area contributed by atoms with Gasteiger partial charge in [0, 0.05) is 52.1 Å². The summed E-state index contributed by atoms with van der Waals surface area (Å²) in [4.78, 5) is 3.47. The van der Waals surface area contributed by atoms with Gasteiger partial charge in [-0.3, -0.25) is 0 Å². The largest absolute Gasteiger partial charge is 0.354 e. The summed E-state index contributed by atoms with van der Waals surface area (Å²) in [5.74, 6) is 0. The molecule has 0 aliphatic carbocycles. The maximum Gasteiger partial charge on any atom is 0.0555 e. The van der Waals surface area contributed by atoms with E-state index < -0.39 is 0 Å². The maximum absolute atomic E-state index is 3.52. The molecule has 0 aliphatic heterocycles. The molecule has 0 fully saturated rings. The summed E-state index contributed by atoms with van der Waals surface area (Å²) in [5, 5.41) is 28.1. The molecule has 1 N–H and O–H groups in total. The van der Waals surface area contributed by atoms with E-state index in [0.717, 1.165) is 4.47 Å². The van der Waals surface area contributed by atoms with Crippen molar-refractivity contribution in [3.8, 4) is 27.9 Å². The van der Waals surface area contributed by atoms with Crippen LogP contribution in [-0.2, 0) is 0 Å². The predicted octanol–water partition coefficient (Wildman–Crippen LogP) is 23.2. The zero-order valence-corrected chi connectivity index (χ0v) is 46.9. The van der Waals surface area contributed by atoms with Crippen molar-refractivity contribution in [3.63, 3.8) is 0 Å². The number of hydrogen-bond donors (Lipinski definition) is 1. The van der Waals surface area contributed by atoms with Crippen molar-refractivity contribution in [1.82, 2.24) is 9.55 Å². The molecule has 0 bridgehead atoms. The first-order valence-electron chi connectivity index (χ1n) is 27.4. The number of benzene rings is 14. The Morgan fingerprint density at radius 1 is 0.284 bits per heavy atom. The summed E-state index contributed by atoms with van der Waals surface area (Å²) in [5.41, 5.74) is 11.1. The van der Waals surface area contributed by atoms with E-state index >= 15 is 0 Å². The fourth-order valence-electron chi connectivity index (χ4n) is 12.7. The van der Waals surface area contributed by atoms with Crippen LogP contribution in [0.15, 0.2) is 282 Å². The van der Waals surface area contributed by atoms with E-state index in [9.17, 15) is 0 Å². The van der Waals surface area contributed by atoms with E-state index in [2.05, 4.69) is 303 Å². The molecule has 380 valence electrons. The van der Waals surface area contributed by atoms with Crippen LogP contribution in [0.1, 0.15) is 0 Å². The monoisotopic (exact) mass is 1130 g/mol. The van der Waals surface area contributed by atoms with E-state index in [-0.39, 0.29) is 0 Å². The van der Waals surface area contributed by atoms with Gasteiger partial charge in [-0.15, -0.1) is 22.7 Å². The number of para-hydroxylation sites is 2. The maximum atomic E-state index is 3.52. The van der Waals surface area contributed by atoms with Gasteiger partial charge in [0.25, 0.3) is 0 Å². The number of aromatic amines is 1. The van der Waals surface area contributed by atoms with E-state index in [4.69, 9.17) is 0 Å². The molecule has 0 aliphatic rings. The number of halogens is 1. The van der Waals surface area contributed by atoms with Gasteiger partial charge in [-0.05, 0) is 181 Å². The third kappa shape index (κ3) is 7.95. The van der Waals surface area contributed by atoms with E-state index in [0.29, 0.717) is 0 Å². The number of H-pyrrole nitrogens is 1. The molecule has 0 radical (unpaired) electrons. The van der Waals surface area contributed by atoms with Crippen molar-refractivity contribution in [2.24, 2.45) is 0 Å². The van der Waals surface area contributed by atoms with E-state index in [1.165, 1.54) is 156 Å². The molecule has 4 heterocycles. The van der Waals surface area contributed by atoms with Crippen molar-refractivity contribution >= 4 is 167 Å². The number of nitrogens with zero attached hydrogens (tertiary/aromatic N) is 1. The summed E-state index contributed by atoms with van der Waals surface area (Å²) in [7, 11) is 0. The summed E-state index contributed by atoms with van der Waals surface area (Å²) in [6, 6.07) is 96.8. The Kier molecular flexibility index (Phi) is 11.4. The van der Waals surface area contributed by atoms with Gasteiger partial charge in [0.2, 0.25) is 0 Å². The highest BCUT2D eigenvalue weighted by Gasteiger charge is 2.17. The molecular weight excluding hydrogens is 1080 g/mol. The SMILES string of the molecule is Brc1ccc(-c2ccc3c4ccccc4c4ccccc4c3c2)cc1.c1ccc2c(c1)[nH]c1ccc3ccsc3c12.c1ccc2c(c1)c1ccccc1c1cc(-c3ccc(-n4c5ccccc5c5c6sccc6ccc54)cc3)ccc21. The molecule has 0 amide bonds. The van der Waals surface area contributed by atoms with Gasteiger partial charge in [0.05, 0.1) is 11.0 Å². The first-order valence-corrected chi connectivity index (χ1v) is 29.9. The summed E-state index contributed by atoms with van der Waals surface area (Å²) in [6.45, 7) is 0. The van der Waals surface area contributed by atoms with E-state index in [1.54, 1.807) is 0 Å². The minimum absolute atomic E-state index is 1.11. The van der Waals surface area contributed by atoms with Gasteiger partial charge < -0.3 is 9.55 Å². The van der Waals surface area contributed by atoms with Crippen molar-refractivity contribution in [2.45, 2.75) is 0 Å². The summed E-state index contributed by atoms with van der Waals surface area (Å²) < 4.78 is 6.26. The fourth-order valence-corrected chi connectivity index (χ4v) is 14.9. The Balaban J connectivity index is 0.000000112. The fraction of sp³-hybridized carbons (Fsp3) is 0. The Hall–Kier alpha value is -9.36. The first-order chi connectivity index (χ1) is 40.1. The number of rotatable bonds is 3. The van der Waals surface area contributed by atoms with Crippen LogP contribution in [0.25, 0.3) is 156 Å². The van der Waals surface area contributed by atoms with Gasteiger partial charge in [-0.2, -0.15) is 0 Å². The number of fused-ring (bicyclic) bond motifs is 22. The number of nitrogens with one attached hydrogen (secondary N) is 1. The summed E-state index contributed by atoms with van der Waals surface area (Å²) in [6.07, 6.45) is 0. The topological polar surface area (TPSA) is 20.7 Å². The minimum Gasteiger partial charge on any atom is -0.354 e. The van der Waals surface area contributed by atoms with E-state index in [1.807, 2.05) is 22.7 Å². The van der Waals surface area contributed by atoms with Gasteiger partial charge >= 0.3 is 0 Å². The second-order valence-corrected chi connectivity index (χ2v) is 23.7. The molecular formula is C76H47BrN2S2. The zero-order valence-electron chi connectivity index (χ0n) is 43.7. The molecule has 0 unspecified atom stereocenters. The molecule has 81 heavy (non-hydrogen) atoms. The minimum atomic E-state index is 1.11. The highest BCUT2D eigenvalue weighted by molar-refractivity contribution is 9.10. The van der Waals surface area contributed by atoms with Gasteiger partial charge in [0.15, 0.2) is 0 Å². The highest BCUT2D eigenvalue weighted by atomic mass is 79.9. The molecule has 18 rings (SSSR count). The highest BCUT2D eigenvalue weighted by Crippen LogP contribution is 2.42. The molecule has 0 spiro atoms. The van der Waals surface area contributed by atoms with Crippen molar-refractivity contribution in [1.29, 1.82) is 0 Å². The Labute approximate surface area is 483 Å². The predicted molar refractivity (Wildman–Crippen MR) is 357 cm³/mol. The average Bonchev–Trinajstić information content (AvgIpc) is 4.43. The lowest BCUT2D eigenvalue weighted by atomic mass is 9.92. The third-order valence-electron chi connectivity index (χ3n) is 16.5. The van der Waals surface area contributed by atoms with Gasteiger partial charge in [0.1, 0.15) is 0 Å². The number of aromatic nitrogens is 2. The molecule has 14 aromatic carbocycles. The number of hydrogen-bond acceptors (Lipinski definition) is 2. The standard InChI is InChI=1S/C38H23NS.C24H15Br.C14H9NS/c1-2-9-30-28(7-1)29-8-3-4-10-31(29)34-23-26(15-19-32(30)34)24-13-17-27(18-14-24)39-35-12-6-5-11-33(35)37-36(39)20-16-25-21-22-40-38(25)37;25-18-12-9-16(10-13-18)17-11-14-23-21-7-2-1-5-19(21)20-6-3-4-8-22(20)24(23)15-17;1-2-4-11-10(3-1)13-12(15-11)6-5-9-7-8-16-14(9)13/h1-23H;1-15H;1-8,15H. The van der Waals surface area contributed by atoms with Gasteiger partial charge in [-0.1, -0.05) is 210 Å². The molecule has 0 saturated carbocycles. The Morgan fingerprint density at radius 3 is 1.22 bits per heavy atom. The zero-order chi connectivity index (χ0) is 53.5. The molecule has 0 atom stereocenters. The lowest BCUT2D eigenvalue weighted by molar-refractivity contribution is 1.18. The van der Waals surface area contributed by atoms with Gasteiger partial charge in [-0.25, -0.2) is 0 Å². The van der Waals surface area contributed by atoms with Crippen molar-refractivity contribution in [2.75, 3.05) is 0 Å².